The molecule has 0 N–H and O–H groups in total. The lowest BCUT2D eigenvalue weighted by Crippen LogP contribution is -2.02. The third-order valence-corrected chi connectivity index (χ3v) is 2.66. The molecule has 16 heavy (non-hydrogen) atoms. The van der Waals surface area contributed by atoms with Crippen LogP contribution in [0.15, 0.2) is 18.2 Å². The van der Waals surface area contributed by atoms with Crippen molar-refractivity contribution in [2.75, 3.05) is 6.26 Å². The lowest BCUT2D eigenvalue weighted by Gasteiger charge is -2.01. The number of hydrogen-bond acceptors (Lipinski definition) is 5. The SMILES string of the molecule is Cn1nnc2cc(COS(C)(=O)=O)ccc21. The van der Waals surface area contributed by atoms with Gasteiger partial charge in [-0.15, -0.1) is 5.10 Å². The topological polar surface area (TPSA) is 74.1 Å². The molecule has 0 atom stereocenters. The fraction of sp³-hybridized carbons (Fsp3) is 0.333. The van der Waals surface area contributed by atoms with Crippen molar-refractivity contribution in [3.05, 3.63) is 23.8 Å². The first kappa shape index (κ1) is 11.0. The fourth-order valence-corrected chi connectivity index (χ4v) is 1.70. The third kappa shape index (κ3) is 2.37. The Morgan fingerprint density at radius 3 is 2.88 bits per heavy atom. The quantitative estimate of drug-likeness (QED) is 0.729. The molecule has 0 saturated carbocycles. The number of nitrogens with zero attached hydrogens (tertiary/aromatic N) is 3. The zero-order chi connectivity index (χ0) is 11.8. The van der Waals surface area contributed by atoms with Crippen LogP contribution >= 0.6 is 0 Å². The third-order valence-electron chi connectivity index (χ3n) is 2.11. The summed E-state index contributed by atoms with van der Waals surface area (Å²) in [6.45, 7) is 0.0192. The van der Waals surface area contributed by atoms with Gasteiger partial charge in [-0.25, -0.2) is 4.68 Å². The van der Waals surface area contributed by atoms with Gasteiger partial charge in [-0.05, 0) is 17.7 Å². The Kier molecular flexibility index (Phi) is 2.64. The number of aromatic nitrogens is 3. The predicted molar refractivity (Wildman–Crippen MR) is 58.1 cm³/mol. The Labute approximate surface area is 93.0 Å². The van der Waals surface area contributed by atoms with E-state index in [1.807, 2.05) is 6.07 Å². The van der Waals surface area contributed by atoms with Gasteiger partial charge in [0, 0.05) is 7.05 Å². The van der Waals surface area contributed by atoms with Crippen LogP contribution in [-0.2, 0) is 28.0 Å². The standard InChI is InChI=1S/C9H11N3O3S/c1-12-9-4-3-7(5-8(9)10-11-12)6-15-16(2,13)14/h3-5H,6H2,1-2H3. The van der Waals surface area contributed by atoms with Crippen LogP contribution in [0.25, 0.3) is 11.0 Å². The number of fused-ring (bicyclic) bond motifs is 1. The highest BCUT2D eigenvalue weighted by Gasteiger charge is 2.05. The van der Waals surface area contributed by atoms with Crippen LogP contribution in [0.2, 0.25) is 0 Å². The zero-order valence-electron chi connectivity index (χ0n) is 8.91. The van der Waals surface area contributed by atoms with Crippen molar-refractivity contribution in [3.63, 3.8) is 0 Å². The Hall–Kier alpha value is -1.47. The summed E-state index contributed by atoms with van der Waals surface area (Å²) in [4.78, 5) is 0. The minimum absolute atomic E-state index is 0.0192. The number of aryl methyl sites for hydroxylation is 1. The van der Waals surface area contributed by atoms with Crippen molar-refractivity contribution >= 4 is 21.2 Å². The van der Waals surface area contributed by atoms with Gasteiger partial charge in [0.05, 0.1) is 18.4 Å². The molecule has 2 aromatic rings. The molecule has 1 heterocycles. The van der Waals surface area contributed by atoms with Crippen molar-refractivity contribution < 1.29 is 12.6 Å². The van der Waals surface area contributed by atoms with Gasteiger partial charge in [-0.3, -0.25) is 4.18 Å². The second kappa shape index (κ2) is 3.84. The summed E-state index contributed by atoms with van der Waals surface area (Å²) in [6.07, 6.45) is 1.02. The first-order chi connectivity index (χ1) is 7.46. The van der Waals surface area contributed by atoms with Gasteiger partial charge in [0.1, 0.15) is 5.52 Å². The molecule has 0 saturated heterocycles. The molecule has 0 radical (unpaired) electrons. The first-order valence-electron chi connectivity index (χ1n) is 4.58. The molecule has 0 unspecified atom stereocenters. The molecule has 0 bridgehead atoms. The van der Waals surface area contributed by atoms with Crippen LogP contribution in [0.3, 0.4) is 0 Å². The van der Waals surface area contributed by atoms with Crippen molar-refractivity contribution in [2.45, 2.75) is 6.61 Å². The molecule has 0 aliphatic heterocycles. The van der Waals surface area contributed by atoms with Crippen molar-refractivity contribution in [2.24, 2.45) is 7.05 Å². The van der Waals surface area contributed by atoms with Crippen molar-refractivity contribution in [1.29, 1.82) is 0 Å². The van der Waals surface area contributed by atoms with E-state index in [-0.39, 0.29) is 6.61 Å². The molecule has 1 aromatic carbocycles. The summed E-state index contributed by atoms with van der Waals surface area (Å²) >= 11 is 0. The van der Waals surface area contributed by atoms with Crippen molar-refractivity contribution in [1.82, 2.24) is 15.0 Å². The minimum Gasteiger partial charge on any atom is -0.265 e. The predicted octanol–water partition coefficient (Wildman–Crippen LogP) is 0.444. The second-order valence-corrected chi connectivity index (χ2v) is 5.15. The van der Waals surface area contributed by atoms with E-state index in [0.29, 0.717) is 0 Å². The second-order valence-electron chi connectivity index (χ2n) is 3.50. The molecule has 0 amide bonds. The van der Waals surface area contributed by atoms with E-state index in [4.69, 9.17) is 0 Å². The zero-order valence-corrected chi connectivity index (χ0v) is 9.73. The van der Waals surface area contributed by atoms with Gasteiger partial charge >= 0.3 is 0 Å². The van der Waals surface area contributed by atoms with E-state index in [1.54, 1.807) is 23.9 Å². The number of benzene rings is 1. The van der Waals surface area contributed by atoms with E-state index in [9.17, 15) is 8.42 Å². The van der Waals surface area contributed by atoms with Gasteiger partial charge in [0.15, 0.2) is 0 Å². The fourth-order valence-electron chi connectivity index (χ4n) is 1.35. The molecule has 7 heteroatoms. The Morgan fingerprint density at radius 1 is 1.44 bits per heavy atom. The number of rotatable bonds is 3. The number of hydrogen-bond donors (Lipinski definition) is 0. The molecule has 6 nitrogen and oxygen atoms in total. The van der Waals surface area contributed by atoms with E-state index in [0.717, 1.165) is 22.9 Å². The van der Waals surface area contributed by atoms with Crippen LogP contribution in [0.1, 0.15) is 5.56 Å². The van der Waals surface area contributed by atoms with Crippen LogP contribution in [-0.4, -0.2) is 29.7 Å². The van der Waals surface area contributed by atoms with E-state index < -0.39 is 10.1 Å². The highest BCUT2D eigenvalue weighted by Crippen LogP contribution is 2.13. The largest absolute Gasteiger partial charge is 0.265 e. The molecule has 1 aromatic heterocycles. The summed E-state index contributed by atoms with van der Waals surface area (Å²) < 4.78 is 28.0. The highest BCUT2D eigenvalue weighted by atomic mass is 32.2. The van der Waals surface area contributed by atoms with Crippen LogP contribution in [0.5, 0.6) is 0 Å². The molecule has 0 aliphatic carbocycles. The maximum Gasteiger partial charge on any atom is 0.264 e. The maximum atomic E-state index is 10.8. The van der Waals surface area contributed by atoms with Gasteiger partial charge < -0.3 is 0 Å². The van der Waals surface area contributed by atoms with Gasteiger partial charge in [-0.1, -0.05) is 11.3 Å². The van der Waals surface area contributed by atoms with Crippen LogP contribution < -0.4 is 0 Å². The smallest absolute Gasteiger partial charge is 0.264 e. The maximum absolute atomic E-state index is 10.8. The average Bonchev–Trinajstić information content (AvgIpc) is 2.56. The molecule has 2 rings (SSSR count). The summed E-state index contributed by atoms with van der Waals surface area (Å²) in [5.41, 5.74) is 2.36. The monoisotopic (exact) mass is 241 g/mol. The molecular weight excluding hydrogens is 230 g/mol. The van der Waals surface area contributed by atoms with Crippen LogP contribution in [0.4, 0.5) is 0 Å². The summed E-state index contributed by atoms with van der Waals surface area (Å²) in [6, 6.07) is 5.38. The lowest BCUT2D eigenvalue weighted by atomic mass is 10.2. The average molecular weight is 241 g/mol. The van der Waals surface area contributed by atoms with E-state index in [1.165, 1.54) is 0 Å². The lowest BCUT2D eigenvalue weighted by molar-refractivity contribution is 0.312. The Bertz CT molecular complexity index is 618. The van der Waals surface area contributed by atoms with Crippen molar-refractivity contribution in [3.8, 4) is 0 Å². The van der Waals surface area contributed by atoms with E-state index in [2.05, 4.69) is 14.5 Å². The molecule has 0 aliphatic rings. The Balaban J connectivity index is 2.26. The molecule has 0 fully saturated rings. The molecule has 0 spiro atoms. The van der Waals surface area contributed by atoms with Gasteiger partial charge in [0.25, 0.3) is 10.1 Å². The van der Waals surface area contributed by atoms with Crippen LogP contribution in [0, 0.1) is 0 Å². The Morgan fingerprint density at radius 2 is 2.19 bits per heavy atom. The van der Waals surface area contributed by atoms with Gasteiger partial charge in [-0.2, -0.15) is 8.42 Å². The first-order valence-corrected chi connectivity index (χ1v) is 6.40. The van der Waals surface area contributed by atoms with Gasteiger partial charge in [0.2, 0.25) is 0 Å². The normalized spacial score (nSPS) is 12.1. The summed E-state index contributed by atoms with van der Waals surface area (Å²) in [5, 5.41) is 7.78. The van der Waals surface area contributed by atoms with E-state index >= 15 is 0 Å². The molecule has 86 valence electrons. The summed E-state index contributed by atoms with van der Waals surface area (Å²) in [7, 11) is -1.62. The highest BCUT2D eigenvalue weighted by molar-refractivity contribution is 7.85. The summed E-state index contributed by atoms with van der Waals surface area (Å²) in [5.74, 6) is 0. The molecular formula is C9H11N3O3S. The minimum atomic E-state index is -3.41.